The Morgan fingerprint density at radius 1 is 0.550 bits per heavy atom. The average Bonchev–Trinajstić information content (AvgIpc) is 2.37. The van der Waals surface area contributed by atoms with Gasteiger partial charge in [0.05, 0.1) is 26.2 Å². The quantitative estimate of drug-likeness (QED) is 0.547. The predicted molar refractivity (Wildman–Crippen MR) is 89.9 cm³/mol. The summed E-state index contributed by atoms with van der Waals surface area (Å²) in [6.07, 6.45) is 11.1. The molecule has 0 heterocycles. The van der Waals surface area contributed by atoms with Crippen LogP contribution in [0.15, 0.2) is 0 Å². The van der Waals surface area contributed by atoms with Crippen molar-refractivity contribution < 1.29 is 15.4 Å². The molecule has 6 N–H and O–H groups in total. The van der Waals surface area contributed by atoms with Gasteiger partial charge in [0, 0.05) is 0 Å². The molecule has 0 aliphatic carbocycles. The first-order valence-electron chi connectivity index (χ1n) is 8.09. The van der Waals surface area contributed by atoms with E-state index in [0.29, 0.717) is 0 Å². The van der Waals surface area contributed by atoms with Crippen molar-refractivity contribution in [3.63, 3.8) is 0 Å². The molecule has 128 valence electrons. The predicted octanol–water partition coefficient (Wildman–Crippen LogP) is 4.16. The van der Waals surface area contributed by atoms with E-state index >= 15 is 0 Å². The Morgan fingerprint density at radius 2 is 0.750 bits per heavy atom. The van der Waals surface area contributed by atoms with E-state index in [1.807, 2.05) is 0 Å². The molecule has 0 amide bonds. The summed E-state index contributed by atoms with van der Waals surface area (Å²) in [4.78, 5) is 0. The number of nitrogens with zero attached hydrogens (tertiary/aromatic N) is 1. The lowest BCUT2D eigenvalue weighted by atomic mass is 10.1. The van der Waals surface area contributed by atoms with E-state index in [4.69, 9.17) is 0 Å². The molecule has 0 fully saturated rings. The maximum atomic E-state index is 2.33. The molecule has 0 unspecified atom stereocenters. The molecule has 0 aliphatic heterocycles. The van der Waals surface area contributed by atoms with Crippen LogP contribution in [-0.4, -0.2) is 41.6 Å². The van der Waals surface area contributed by atoms with Crippen molar-refractivity contribution in [2.24, 2.45) is 0 Å². The van der Waals surface area contributed by atoms with Crippen LogP contribution >= 0.6 is 0 Å². The summed E-state index contributed by atoms with van der Waals surface area (Å²) in [6.45, 7) is 15.0. The third-order valence-corrected chi connectivity index (χ3v) is 3.94. The van der Waals surface area contributed by atoms with Gasteiger partial charge in [0.2, 0.25) is 0 Å². The highest BCUT2D eigenvalue weighted by atomic mass is 16.0. The van der Waals surface area contributed by atoms with Gasteiger partial charge in [-0.3, -0.25) is 0 Å². The molecule has 0 aliphatic rings. The molecule has 0 rings (SSSR count). The summed E-state index contributed by atoms with van der Waals surface area (Å²) in [5, 5.41) is 0. The lowest BCUT2D eigenvalue weighted by molar-refractivity contribution is -0.929. The molecule has 0 aromatic carbocycles. The zero-order valence-corrected chi connectivity index (χ0v) is 14.6. The highest BCUT2D eigenvalue weighted by Gasteiger charge is 2.24. The standard InChI is InChI=1S/C16H36N.H3N.2H2O/c1-5-9-13-17(14-10-6-2,15-11-7-3)16-12-8-4;;;/h5-16H2,1-4H3;1H3;2*1H2/q+1;;;/p-1. The van der Waals surface area contributed by atoms with Gasteiger partial charge in [0.15, 0.2) is 0 Å². The second kappa shape index (κ2) is 18.8. The van der Waals surface area contributed by atoms with Gasteiger partial charge in [-0.15, -0.1) is 0 Å². The first kappa shape index (κ1) is 28.1. The molecule has 0 atom stereocenters. The van der Waals surface area contributed by atoms with Gasteiger partial charge in [-0.25, -0.2) is 0 Å². The molecular weight excluding hydrogens is 252 g/mol. The van der Waals surface area contributed by atoms with Crippen LogP contribution in [0.4, 0.5) is 0 Å². The van der Waals surface area contributed by atoms with Crippen LogP contribution in [0, 0.1) is 0 Å². The van der Waals surface area contributed by atoms with E-state index in [-0.39, 0.29) is 17.1 Å². The SMILES string of the molecule is CCCC[N+](CCCC)(CCCC)CCCC.N.O.[OH-]. The van der Waals surface area contributed by atoms with Gasteiger partial charge in [0.25, 0.3) is 0 Å². The van der Waals surface area contributed by atoms with E-state index in [2.05, 4.69) is 27.7 Å². The maximum absolute atomic E-state index is 2.33. The lowest BCUT2D eigenvalue weighted by Crippen LogP contribution is -2.50. The smallest absolute Gasteiger partial charge is 0.0786 e. The van der Waals surface area contributed by atoms with Crippen LogP contribution in [0.25, 0.3) is 0 Å². The number of rotatable bonds is 12. The molecular formula is C16H42N2O2. The van der Waals surface area contributed by atoms with Crippen molar-refractivity contribution >= 4 is 0 Å². The minimum absolute atomic E-state index is 0. The minimum Gasteiger partial charge on any atom is -0.870 e. The Labute approximate surface area is 127 Å². The Bertz CT molecular complexity index is 129. The van der Waals surface area contributed by atoms with Gasteiger partial charge >= 0.3 is 0 Å². The van der Waals surface area contributed by atoms with Gasteiger partial charge in [0.1, 0.15) is 0 Å². The van der Waals surface area contributed by atoms with Gasteiger partial charge < -0.3 is 21.6 Å². The average molecular weight is 295 g/mol. The van der Waals surface area contributed by atoms with Crippen LogP contribution in [0.3, 0.4) is 0 Å². The molecule has 4 nitrogen and oxygen atoms in total. The zero-order chi connectivity index (χ0) is 13.0. The number of hydrogen-bond acceptors (Lipinski definition) is 2. The molecule has 0 spiro atoms. The second-order valence-electron chi connectivity index (χ2n) is 5.65. The van der Waals surface area contributed by atoms with Crippen LogP contribution in [0.2, 0.25) is 0 Å². The Kier molecular flexibility index (Phi) is 26.4. The fourth-order valence-corrected chi connectivity index (χ4v) is 2.64. The van der Waals surface area contributed by atoms with Gasteiger partial charge in [-0.05, 0) is 25.7 Å². The van der Waals surface area contributed by atoms with E-state index in [1.54, 1.807) is 0 Å². The van der Waals surface area contributed by atoms with Gasteiger partial charge in [-0.1, -0.05) is 53.4 Å². The van der Waals surface area contributed by atoms with E-state index in [9.17, 15) is 0 Å². The van der Waals surface area contributed by atoms with Crippen molar-refractivity contribution in [1.82, 2.24) is 6.15 Å². The molecule has 0 radical (unpaired) electrons. The summed E-state index contributed by atoms with van der Waals surface area (Å²) < 4.78 is 1.42. The second-order valence-corrected chi connectivity index (χ2v) is 5.65. The molecule has 0 saturated heterocycles. The first-order chi connectivity index (χ1) is 8.24. The highest BCUT2D eigenvalue weighted by Crippen LogP contribution is 2.16. The maximum Gasteiger partial charge on any atom is 0.0786 e. The van der Waals surface area contributed by atoms with E-state index in [0.717, 1.165) is 0 Å². The summed E-state index contributed by atoms with van der Waals surface area (Å²) in [7, 11) is 0. The molecule has 0 aromatic rings. The van der Waals surface area contributed by atoms with E-state index in [1.165, 1.54) is 82.0 Å². The van der Waals surface area contributed by atoms with Crippen molar-refractivity contribution in [3.8, 4) is 0 Å². The third-order valence-electron chi connectivity index (χ3n) is 3.94. The van der Waals surface area contributed by atoms with Crippen LogP contribution in [0.5, 0.6) is 0 Å². The first-order valence-corrected chi connectivity index (χ1v) is 8.09. The van der Waals surface area contributed by atoms with E-state index < -0.39 is 0 Å². The third kappa shape index (κ3) is 12.9. The Balaban J connectivity index is -0.000000427. The summed E-state index contributed by atoms with van der Waals surface area (Å²) in [5.74, 6) is 0. The fraction of sp³-hybridized carbons (Fsp3) is 1.00. The molecule has 0 aromatic heterocycles. The molecule has 0 bridgehead atoms. The molecule has 4 heteroatoms. The summed E-state index contributed by atoms with van der Waals surface area (Å²) in [6, 6.07) is 0. The van der Waals surface area contributed by atoms with Crippen molar-refractivity contribution in [1.29, 1.82) is 0 Å². The topological polar surface area (TPSA) is 96.5 Å². The highest BCUT2D eigenvalue weighted by molar-refractivity contribution is 4.49. The Hall–Kier alpha value is -0.160. The van der Waals surface area contributed by atoms with Gasteiger partial charge in [-0.2, -0.15) is 0 Å². The largest absolute Gasteiger partial charge is 0.870 e. The summed E-state index contributed by atoms with van der Waals surface area (Å²) >= 11 is 0. The minimum atomic E-state index is 0. The van der Waals surface area contributed by atoms with Crippen LogP contribution < -0.4 is 6.15 Å². The summed E-state index contributed by atoms with van der Waals surface area (Å²) in [5.41, 5.74) is 0. The van der Waals surface area contributed by atoms with Crippen molar-refractivity contribution in [2.45, 2.75) is 79.1 Å². The molecule has 20 heavy (non-hydrogen) atoms. The number of unbranched alkanes of at least 4 members (excludes halogenated alkanes) is 4. The van der Waals surface area contributed by atoms with Crippen molar-refractivity contribution in [3.05, 3.63) is 0 Å². The normalized spacial score (nSPS) is 10.2. The Morgan fingerprint density at radius 3 is 0.900 bits per heavy atom. The molecule has 0 saturated carbocycles. The number of hydrogen-bond donors (Lipinski definition) is 1. The van der Waals surface area contributed by atoms with Crippen molar-refractivity contribution in [2.75, 3.05) is 26.2 Å². The number of quaternary nitrogens is 1. The lowest BCUT2D eigenvalue weighted by Gasteiger charge is -2.39. The monoisotopic (exact) mass is 294 g/mol. The van der Waals surface area contributed by atoms with Crippen LogP contribution in [-0.2, 0) is 0 Å². The zero-order valence-electron chi connectivity index (χ0n) is 14.6. The van der Waals surface area contributed by atoms with Crippen LogP contribution in [0.1, 0.15) is 79.1 Å². The fourth-order valence-electron chi connectivity index (χ4n) is 2.64.